The summed E-state index contributed by atoms with van der Waals surface area (Å²) in [7, 11) is 0. The number of nitrogens with one attached hydrogen (secondary N) is 1. The predicted molar refractivity (Wildman–Crippen MR) is 61.6 cm³/mol. The molecular formula is C11H14N4O. The number of aromatic nitrogens is 2. The van der Waals surface area contributed by atoms with Crippen molar-refractivity contribution in [3.8, 4) is 11.6 Å². The van der Waals surface area contributed by atoms with Crippen molar-refractivity contribution in [3.63, 3.8) is 0 Å². The van der Waals surface area contributed by atoms with E-state index in [1.165, 1.54) is 0 Å². The molecule has 0 aromatic carbocycles. The molecule has 0 fully saturated rings. The molecule has 5 heteroatoms. The Hall–Kier alpha value is -1.88. The molecule has 0 saturated carbocycles. The number of furan rings is 1. The van der Waals surface area contributed by atoms with Crippen molar-refractivity contribution in [2.75, 3.05) is 5.43 Å². The zero-order valence-electron chi connectivity index (χ0n) is 9.27. The fraction of sp³-hybridized carbons (Fsp3) is 0.273. The molecule has 0 bridgehead atoms. The molecule has 0 aliphatic rings. The maximum atomic E-state index is 5.37. The summed E-state index contributed by atoms with van der Waals surface area (Å²) in [6, 6.07) is 5.45. The number of anilines is 1. The highest BCUT2D eigenvalue weighted by Crippen LogP contribution is 2.21. The van der Waals surface area contributed by atoms with Crippen LogP contribution < -0.4 is 11.3 Å². The van der Waals surface area contributed by atoms with Crippen LogP contribution in [0.4, 0.5) is 5.82 Å². The van der Waals surface area contributed by atoms with Gasteiger partial charge in [0, 0.05) is 11.8 Å². The van der Waals surface area contributed by atoms with Gasteiger partial charge in [-0.3, -0.25) is 0 Å². The van der Waals surface area contributed by atoms with Crippen molar-refractivity contribution in [2.45, 2.75) is 19.8 Å². The number of nitrogens with zero attached hydrogens (tertiary/aromatic N) is 2. The van der Waals surface area contributed by atoms with Crippen LogP contribution in [0.15, 0.2) is 28.9 Å². The molecule has 16 heavy (non-hydrogen) atoms. The highest BCUT2D eigenvalue weighted by atomic mass is 16.3. The monoisotopic (exact) mass is 218 g/mol. The van der Waals surface area contributed by atoms with Crippen LogP contribution in [0.2, 0.25) is 0 Å². The van der Waals surface area contributed by atoms with Crippen LogP contribution in [0.3, 0.4) is 0 Å². The van der Waals surface area contributed by atoms with Crippen molar-refractivity contribution < 1.29 is 4.42 Å². The number of nitrogens with two attached hydrogens (primary N) is 1. The minimum absolute atomic E-state index is 0.309. The zero-order chi connectivity index (χ0) is 11.5. The maximum Gasteiger partial charge on any atom is 0.197 e. The molecule has 3 N–H and O–H groups in total. The van der Waals surface area contributed by atoms with Gasteiger partial charge in [-0.25, -0.2) is 15.8 Å². The number of hydrazine groups is 1. The predicted octanol–water partition coefficient (Wildman–Crippen LogP) is 2.15. The highest BCUT2D eigenvalue weighted by Gasteiger charge is 2.10. The summed E-state index contributed by atoms with van der Waals surface area (Å²) in [6.07, 6.45) is 1.59. The Morgan fingerprint density at radius 1 is 1.38 bits per heavy atom. The molecule has 0 amide bonds. The molecule has 2 heterocycles. The second-order valence-corrected chi connectivity index (χ2v) is 3.78. The van der Waals surface area contributed by atoms with Gasteiger partial charge in [-0.1, -0.05) is 13.8 Å². The van der Waals surface area contributed by atoms with E-state index in [9.17, 15) is 0 Å². The Morgan fingerprint density at radius 2 is 2.19 bits per heavy atom. The molecule has 0 atom stereocenters. The third kappa shape index (κ3) is 2.04. The normalized spacial score (nSPS) is 10.8. The minimum Gasteiger partial charge on any atom is -0.461 e. The van der Waals surface area contributed by atoms with Gasteiger partial charge in [0.2, 0.25) is 0 Å². The van der Waals surface area contributed by atoms with Crippen LogP contribution in [0.5, 0.6) is 0 Å². The van der Waals surface area contributed by atoms with Crippen molar-refractivity contribution in [2.24, 2.45) is 5.84 Å². The second kappa shape index (κ2) is 4.32. The fourth-order valence-corrected chi connectivity index (χ4v) is 1.35. The van der Waals surface area contributed by atoms with E-state index in [4.69, 9.17) is 10.3 Å². The lowest BCUT2D eigenvalue weighted by Gasteiger charge is -2.08. The van der Waals surface area contributed by atoms with E-state index in [2.05, 4.69) is 29.2 Å². The number of hydrogen-bond acceptors (Lipinski definition) is 5. The summed E-state index contributed by atoms with van der Waals surface area (Å²) in [5.41, 5.74) is 3.46. The lowest BCUT2D eigenvalue weighted by atomic mass is 10.1. The summed E-state index contributed by atoms with van der Waals surface area (Å²) in [4.78, 5) is 8.66. The van der Waals surface area contributed by atoms with E-state index >= 15 is 0 Å². The average molecular weight is 218 g/mol. The number of hydrogen-bond donors (Lipinski definition) is 2. The van der Waals surface area contributed by atoms with E-state index in [1.54, 1.807) is 12.3 Å². The quantitative estimate of drug-likeness (QED) is 0.609. The van der Waals surface area contributed by atoms with Crippen molar-refractivity contribution >= 4 is 5.82 Å². The molecule has 0 radical (unpaired) electrons. The van der Waals surface area contributed by atoms with Crippen LogP contribution in [-0.2, 0) is 0 Å². The first-order chi connectivity index (χ1) is 7.70. The first-order valence-electron chi connectivity index (χ1n) is 5.10. The molecule has 0 aliphatic carbocycles. The van der Waals surface area contributed by atoms with E-state index < -0.39 is 0 Å². The SMILES string of the molecule is CC(C)c1cc(NN)nc(-c2ccco2)n1. The molecule has 2 rings (SSSR count). The molecule has 0 unspecified atom stereocenters. The molecule has 0 saturated heterocycles. The molecule has 0 spiro atoms. The lowest BCUT2D eigenvalue weighted by Crippen LogP contribution is -2.10. The summed E-state index contributed by atoms with van der Waals surface area (Å²) in [6.45, 7) is 4.13. The van der Waals surface area contributed by atoms with E-state index in [1.807, 2.05) is 12.1 Å². The van der Waals surface area contributed by atoms with Crippen LogP contribution in [-0.4, -0.2) is 9.97 Å². The standard InChI is InChI=1S/C11H14N4O/c1-7(2)8-6-10(15-12)14-11(13-8)9-4-3-5-16-9/h3-7H,12H2,1-2H3,(H,13,14,15). The summed E-state index contributed by atoms with van der Waals surface area (Å²) < 4.78 is 5.26. The zero-order valence-corrected chi connectivity index (χ0v) is 9.27. The van der Waals surface area contributed by atoms with Crippen LogP contribution in [0.25, 0.3) is 11.6 Å². The van der Waals surface area contributed by atoms with Crippen molar-refractivity contribution in [1.82, 2.24) is 9.97 Å². The van der Waals surface area contributed by atoms with E-state index in [0.29, 0.717) is 23.3 Å². The van der Waals surface area contributed by atoms with Crippen molar-refractivity contribution in [3.05, 3.63) is 30.2 Å². The van der Waals surface area contributed by atoms with E-state index in [0.717, 1.165) is 5.69 Å². The number of rotatable bonds is 3. The largest absolute Gasteiger partial charge is 0.461 e. The van der Waals surface area contributed by atoms with Gasteiger partial charge in [0.15, 0.2) is 11.6 Å². The third-order valence-electron chi connectivity index (χ3n) is 2.23. The maximum absolute atomic E-state index is 5.37. The summed E-state index contributed by atoms with van der Waals surface area (Å²) in [5, 5.41) is 0. The van der Waals surface area contributed by atoms with Gasteiger partial charge in [-0.15, -0.1) is 0 Å². The lowest BCUT2D eigenvalue weighted by molar-refractivity contribution is 0.576. The Labute approximate surface area is 93.7 Å². The van der Waals surface area contributed by atoms with Gasteiger partial charge in [0.05, 0.1) is 6.26 Å². The molecule has 2 aromatic rings. The van der Waals surface area contributed by atoms with Crippen LogP contribution in [0, 0.1) is 0 Å². The molecule has 84 valence electrons. The van der Waals surface area contributed by atoms with Crippen LogP contribution >= 0.6 is 0 Å². The van der Waals surface area contributed by atoms with Gasteiger partial charge >= 0.3 is 0 Å². The molecule has 2 aromatic heterocycles. The summed E-state index contributed by atoms with van der Waals surface area (Å²) >= 11 is 0. The topological polar surface area (TPSA) is 77.0 Å². The van der Waals surface area contributed by atoms with Gasteiger partial charge in [-0.05, 0) is 18.1 Å². The van der Waals surface area contributed by atoms with Crippen molar-refractivity contribution in [1.29, 1.82) is 0 Å². The van der Waals surface area contributed by atoms with Crippen LogP contribution in [0.1, 0.15) is 25.5 Å². The molecule has 5 nitrogen and oxygen atoms in total. The Bertz CT molecular complexity index is 465. The fourth-order valence-electron chi connectivity index (χ4n) is 1.35. The Balaban J connectivity index is 2.49. The Morgan fingerprint density at radius 3 is 2.75 bits per heavy atom. The average Bonchev–Trinajstić information content (AvgIpc) is 2.81. The third-order valence-corrected chi connectivity index (χ3v) is 2.23. The van der Waals surface area contributed by atoms with Gasteiger partial charge in [0.25, 0.3) is 0 Å². The highest BCUT2D eigenvalue weighted by molar-refractivity contribution is 5.51. The molecular weight excluding hydrogens is 204 g/mol. The van der Waals surface area contributed by atoms with Gasteiger partial charge < -0.3 is 9.84 Å². The first kappa shape index (κ1) is 10.6. The minimum atomic E-state index is 0.309. The Kier molecular flexibility index (Phi) is 2.87. The summed E-state index contributed by atoms with van der Waals surface area (Å²) in [5.74, 6) is 7.45. The van der Waals surface area contributed by atoms with E-state index in [-0.39, 0.29) is 0 Å². The first-order valence-corrected chi connectivity index (χ1v) is 5.10. The smallest absolute Gasteiger partial charge is 0.197 e. The van der Waals surface area contributed by atoms with Gasteiger partial charge in [-0.2, -0.15) is 0 Å². The number of nitrogen functional groups attached to an aromatic ring is 1. The molecule has 0 aliphatic heterocycles. The second-order valence-electron chi connectivity index (χ2n) is 3.78. The van der Waals surface area contributed by atoms with Gasteiger partial charge in [0.1, 0.15) is 5.82 Å².